The van der Waals surface area contributed by atoms with Gasteiger partial charge in [-0.25, -0.2) is 9.78 Å². The molecule has 1 aromatic heterocycles. The monoisotopic (exact) mass is 537 g/mol. The maximum Gasteiger partial charge on any atom is 0.343 e. The van der Waals surface area contributed by atoms with Crippen LogP contribution in [0.25, 0.3) is 22.3 Å². The van der Waals surface area contributed by atoms with Crippen molar-refractivity contribution in [3.63, 3.8) is 0 Å². The number of aryl methyl sites for hydroxylation is 1. The highest BCUT2D eigenvalue weighted by Gasteiger charge is 2.14. The number of ether oxygens (including phenoxy) is 1. The summed E-state index contributed by atoms with van der Waals surface area (Å²) in [4.78, 5) is 30.9. The summed E-state index contributed by atoms with van der Waals surface area (Å²) in [5.74, 6) is 0.241. The summed E-state index contributed by atoms with van der Waals surface area (Å²) in [5.41, 5.74) is 2.95. The maximum atomic E-state index is 13.4. The first-order chi connectivity index (χ1) is 17.5. The molecule has 0 bridgehead atoms. The lowest BCUT2D eigenvalue weighted by molar-refractivity contribution is 0.0734. The molecule has 4 aromatic carbocycles. The zero-order valence-electron chi connectivity index (χ0n) is 19.3. The smallest absolute Gasteiger partial charge is 0.343 e. The third-order valence-electron chi connectivity index (χ3n) is 5.53. The average Bonchev–Trinajstić information content (AvgIpc) is 2.90. The van der Waals surface area contributed by atoms with Crippen molar-refractivity contribution >= 4 is 39.0 Å². The molecule has 176 valence electrons. The number of esters is 1. The Morgan fingerprint density at radius 3 is 2.53 bits per heavy atom. The van der Waals surface area contributed by atoms with Crippen LogP contribution in [0.4, 0.5) is 0 Å². The van der Waals surface area contributed by atoms with Crippen molar-refractivity contribution < 1.29 is 9.53 Å². The molecule has 0 aliphatic heterocycles. The number of aromatic nitrogens is 2. The Hall–Kier alpha value is -4.36. The van der Waals surface area contributed by atoms with E-state index in [0.717, 1.165) is 15.6 Å². The van der Waals surface area contributed by atoms with E-state index in [0.29, 0.717) is 33.6 Å². The fourth-order valence-corrected chi connectivity index (χ4v) is 4.15. The molecule has 36 heavy (non-hydrogen) atoms. The van der Waals surface area contributed by atoms with Gasteiger partial charge < -0.3 is 4.74 Å². The van der Waals surface area contributed by atoms with E-state index in [9.17, 15) is 9.59 Å². The topological polar surface area (TPSA) is 73.5 Å². The lowest BCUT2D eigenvalue weighted by atomic mass is 10.1. The molecular weight excluding hydrogens is 518 g/mol. The predicted molar refractivity (Wildman–Crippen MR) is 145 cm³/mol. The Balaban J connectivity index is 1.59. The normalized spacial score (nSPS) is 11.2. The molecule has 0 atom stereocenters. The fourth-order valence-electron chi connectivity index (χ4n) is 3.77. The highest BCUT2D eigenvalue weighted by atomic mass is 79.9. The van der Waals surface area contributed by atoms with Gasteiger partial charge in [0.15, 0.2) is 5.82 Å². The van der Waals surface area contributed by atoms with E-state index in [1.807, 2.05) is 49.4 Å². The Labute approximate surface area is 215 Å². The van der Waals surface area contributed by atoms with Gasteiger partial charge in [-0.3, -0.25) is 4.79 Å². The van der Waals surface area contributed by atoms with Crippen LogP contribution in [0.1, 0.15) is 21.5 Å². The second kappa shape index (κ2) is 10.1. The van der Waals surface area contributed by atoms with E-state index >= 15 is 0 Å². The van der Waals surface area contributed by atoms with Crippen molar-refractivity contribution in [1.29, 1.82) is 0 Å². The van der Waals surface area contributed by atoms with E-state index in [1.54, 1.807) is 54.6 Å². The van der Waals surface area contributed by atoms with Crippen molar-refractivity contribution in [2.45, 2.75) is 6.92 Å². The molecule has 7 heteroatoms. The number of para-hydroxylation sites is 1. The van der Waals surface area contributed by atoms with Crippen LogP contribution in [-0.2, 0) is 0 Å². The summed E-state index contributed by atoms with van der Waals surface area (Å²) in [6.45, 7) is 1.91. The SMILES string of the molecule is Cc1cccc(C(=O)Oc2ccc(Br)cc2C=Nn2c(-c3ccccc3)nc3ccccc3c2=O)c1. The van der Waals surface area contributed by atoms with E-state index in [4.69, 9.17) is 9.72 Å². The van der Waals surface area contributed by atoms with Crippen molar-refractivity contribution in [3.05, 3.63) is 129 Å². The number of hydrogen-bond acceptors (Lipinski definition) is 5. The van der Waals surface area contributed by atoms with Crippen molar-refractivity contribution in [1.82, 2.24) is 9.66 Å². The zero-order chi connectivity index (χ0) is 25.1. The summed E-state index contributed by atoms with van der Waals surface area (Å²) in [7, 11) is 0. The molecule has 6 nitrogen and oxygen atoms in total. The third-order valence-corrected chi connectivity index (χ3v) is 6.02. The molecule has 0 amide bonds. The molecule has 5 rings (SSSR count). The van der Waals surface area contributed by atoms with Gasteiger partial charge in [-0.2, -0.15) is 9.78 Å². The standard InChI is InChI=1S/C29H20BrN3O3/c1-19-8-7-11-21(16-19)29(35)36-26-15-14-23(30)17-22(26)18-31-33-27(20-9-3-2-4-10-20)32-25-13-6-5-12-24(25)28(33)34/h2-18H,1H3. The second-order valence-electron chi connectivity index (χ2n) is 8.12. The average molecular weight is 538 g/mol. The first-order valence-corrected chi connectivity index (χ1v) is 12.0. The van der Waals surface area contributed by atoms with Gasteiger partial charge in [-0.05, 0) is 49.4 Å². The minimum Gasteiger partial charge on any atom is -0.422 e. The molecule has 0 N–H and O–H groups in total. The molecule has 5 aromatic rings. The first kappa shape index (κ1) is 23.4. The van der Waals surface area contributed by atoms with Crippen molar-refractivity contribution in [3.8, 4) is 17.1 Å². The largest absolute Gasteiger partial charge is 0.422 e. The highest BCUT2D eigenvalue weighted by molar-refractivity contribution is 9.10. The van der Waals surface area contributed by atoms with Crippen LogP contribution in [0, 0.1) is 6.92 Å². The van der Waals surface area contributed by atoms with Crippen LogP contribution in [0.2, 0.25) is 0 Å². The molecule has 0 aliphatic carbocycles. The molecule has 1 heterocycles. The molecule has 0 saturated carbocycles. The Morgan fingerprint density at radius 1 is 0.944 bits per heavy atom. The van der Waals surface area contributed by atoms with Crippen molar-refractivity contribution in [2.24, 2.45) is 5.10 Å². The summed E-state index contributed by atoms with van der Waals surface area (Å²) in [6, 6.07) is 29.0. The van der Waals surface area contributed by atoms with Gasteiger partial charge in [0.05, 0.1) is 22.7 Å². The molecule has 0 saturated heterocycles. The lowest BCUT2D eigenvalue weighted by Crippen LogP contribution is -2.20. The quantitative estimate of drug-likeness (QED) is 0.151. The van der Waals surface area contributed by atoms with Gasteiger partial charge >= 0.3 is 5.97 Å². The summed E-state index contributed by atoms with van der Waals surface area (Å²) >= 11 is 3.46. The van der Waals surface area contributed by atoms with Crippen LogP contribution in [-0.4, -0.2) is 21.8 Å². The van der Waals surface area contributed by atoms with Crippen LogP contribution in [0.15, 0.2) is 111 Å². The number of fused-ring (bicyclic) bond motifs is 1. The third kappa shape index (κ3) is 4.87. The number of carbonyl (C=O) groups excluding carboxylic acids is 1. The van der Waals surface area contributed by atoms with E-state index in [2.05, 4.69) is 21.0 Å². The molecule has 0 radical (unpaired) electrons. The maximum absolute atomic E-state index is 13.4. The summed E-state index contributed by atoms with van der Waals surface area (Å²) < 4.78 is 7.73. The van der Waals surface area contributed by atoms with Crippen LogP contribution in [0.5, 0.6) is 5.75 Å². The molecule has 0 fully saturated rings. The van der Waals surface area contributed by atoms with Gasteiger partial charge in [-0.15, -0.1) is 0 Å². The number of nitrogens with zero attached hydrogens (tertiary/aromatic N) is 3. The number of rotatable bonds is 5. The Morgan fingerprint density at radius 2 is 1.72 bits per heavy atom. The van der Waals surface area contributed by atoms with Crippen molar-refractivity contribution in [2.75, 3.05) is 0 Å². The van der Waals surface area contributed by atoms with Crippen LogP contribution in [0.3, 0.4) is 0 Å². The van der Waals surface area contributed by atoms with Gasteiger partial charge in [0, 0.05) is 15.6 Å². The number of benzene rings is 4. The minimum atomic E-state index is -0.481. The fraction of sp³-hybridized carbons (Fsp3) is 0.0345. The molecule has 0 aliphatic rings. The van der Waals surface area contributed by atoms with E-state index in [-0.39, 0.29) is 5.56 Å². The first-order valence-electron chi connectivity index (χ1n) is 11.2. The van der Waals surface area contributed by atoms with E-state index < -0.39 is 5.97 Å². The molecule has 0 spiro atoms. The van der Waals surface area contributed by atoms with E-state index in [1.165, 1.54) is 10.9 Å². The molecule has 0 unspecified atom stereocenters. The van der Waals surface area contributed by atoms with Gasteiger partial charge in [-0.1, -0.05) is 76.1 Å². The number of halogens is 1. The van der Waals surface area contributed by atoms with Gasteiger partial charge in [0.2, 0.25) is 0 Å². The lowest BCUT2D eigenvalue weighted by Gasteiger charge is -2.11. The van der Waals surface area contributed by atoms with Gasteiger partial charge in [0.25, 0.3) is 5.56 Å². The summed E-state index contributed by atoms with van der Waals surface area (Å²) in [6.07, 6.45) is 1.49. The predicted octanol–water partition coefficient (Wildman–Crippen LogP) is 6.24. The van der Waals surface area contributed by atoms with Crippen LogP contribution < -0.4 is 10.3 Å². The molecular formula is C29H20BrN3O3. The Bertz CT molecular complexity index is 1680. The second-order valence-corrected chi connectivity index (χ2v) is 9.04. The zero-order valence-corrected chi connectivity index (χ0v) is 20.8. The Kier molecular flexibility index (Phi) is 6.56. The minimum absolute atomic E-state index is 0.302. The highest BCUT2D eigenvalue weighted by Crippen LogP contribution is 2.24. The van der Waals surface area contributed by atoms with Gasteiger partial charge in [0.1, 0.15) is 5.75 Å². The number of carbonyl (C=O) groups is 1. The number of hydrogen-bond donors (Lipinski definition) is 0. The summed E-state index contributed by atoms with van der Waals surface area (Å²) in [5, 5.41) is 4.96. The van der Waals surface area contributed by atoms with Crippen LogP contribution >= 0.6 is 15.9 Å².